The second-order valence-electron chi connectivity index (χ2n) is 6.80. The van der Waals surface area contributed by atoms with Gasteiger partial charge in [0.1, 0.15) is 10.7 Å². The minimum atomic E-state index is -0.126. The van der Waals surface area contributed by atoms with Gasteiger partial charge in [-0.25, -0.2) is 4.98 Å². The van der Waals surface area contributed by atoms with Crippen molar-refractivity contribution in [2.24, 2.45) is 0 Å². The van der Waals surface area contributed by atoms with Crippen LogP contribution in [-0.2, 0) is 6.42 Å². The van der Waals surface area contributed by atoms with E-state index in [4.69, 9.17) is 0 Å². The molecule has 3 heterocycles. The number of aryl methyl sites for hydroxylation is 1. The van der Waals surface area contributed by atoms with Crippen LogP contribution in [0.2, 0.25) is 0 Å². The van der Waals surface area contributed by atoms with Crippen molar-refractivity contribution >= 4 is 34.3 Å². The summed E-state index contributed by atoms with van der Waals surface area (Å²) in [5, 5.41) is 6.57. The Bertz CT molecular complexity index is 785. The van der Waals surface area contributed by atoms with Gasteiger partial charge in [-0.05, 0) is 20.9 Å². The summed E-state index contributed by atoms with van der Waals surface area (Å²) >= 11 is 1.28. The van der Waals surface area contributed by atoms with E-state index in [2.05, 4.69) is 47.4 Å². The van der Waals surface area contributed by atoms with E-state index in [0.29, 0.717) is 21.9 Å². The molecule has 0 radical (unpaired) electrons. The molecule has 27 heavy (non-hydrogen) atoms. The first-order chi connectivity index (χ1) is 12.9. The van der Waals surface area contributed by atoms with Crippen molar-refractivity contribution in [3.63, 3.8) is 0 Å². The quantitative estimate of drug-likeness (QED) is 0.766. The third-order valence-corrected chi connectivity index (χ3v) is 5.05. The number of rotatable bonds is 6. The summed E-state index contributed by atoms with van der Waals surface area (Å²) in [6, 6.07) is 0.0813. The highest BCUT2D eigenvalue weighted by Crippen LogP contribution is 2.22. The Morgan fingerprint density at radius 2 is 1.96 bits per heavy atom. The molecule has 2 aromatic heterocycles. The van der Waals surface area contributed by atoms with Crippen molar-refractivity contribution in [2.45, 2.75) is 33.2 Å². The first-order valence-electron chi connectivity index (χ1n) is 9.16. The summed E-state index contributed by atoms with van der Waals surface area (Å²) in [4.78, 5) is 35.0. The van der Waals surface area contributed by atoms with E-state index in [1.165, 1.54) is 11.3 Å². The lowest BCUT2D eigenvalue weighted by Crippen LogP contribution is -2.45. The van der Waals surface area contributed by atoms with Crippen molar-refractivity contribution in [3.8, 4) is 0 Å². The highest BCUT2D eigenvalue weighted by Gasteiger charge is 2.19. The zero-order chi connectivity index (χ0) is 19.4. The Labute approximate surface area is 163 Å². The Morgan fingerprint density at radius 3 is 2.63 bits per heavy atom. The number of amides is 1. The average molecular weight is 391 g/mol. The Kier molecular flexibility index (Phi) is 6.17. The van der Waals surface area contributed by atoms with Gasteiger partial charge in [0.2, 0.25) is 11.9 Å². The Morgan fingerprint density at radius 1 is 1.22 bits per heavy atom. The van der Waals surface area contributed by atoms with Gasteiger partial charge in [-0.15, -0.1) is 0 Å². The maximum absolute atomic E-state index is 12.1. The molecule has 9 nitrogen and oxygen atoms in total. The lowest BCUT2D eigenvalue weighted by molar-refractivity contribution is 0.0947. The van der Waals surface area contributed by atoms with Gasteiger partial charge in [0.15, 0.2) is 5.13 Å². The molecule has 10 heteroatoms. The summed E-state index contributed by atoms with van der Waals surface area (Å²) in [6.07, 6.45) is 2.28. The zero-order valence-corrected chi connectivity index (χ0v) is 17.0. The number of anilines is 3. The van der Waals surface area contributed by atoms with Crippen LogP contribution in [0.3, 0.4) is 0 Å². The van der Waals surface area contributed by atoms with Crippen LogP contribution in [0.15, 0.2) is 6.20 Å². The Hall–Kier alpha value is -2.33. The van der Waals surface area contributed by atoms with E-state index in [-0.39, 0.29) is 11.9 Å². The van der Waals surface area contributed by atoms with Gasteiger partial charge in [-0.3, -0.25) is 10.1 Å². The molecule has 0 atom stereocenters. The van der Waals surface area contributed by atoms with E-state index in [9.17, 15) is 4.79 Å². The van der Waals surface area contributed by atoms with Crippen molar-refractivity contribution in [3.05, 3.63) is 16.9 Å². The fraction of sp³-hybridized carbons (Fsp3) is 0.588. The van der Waals surface area contributed by atoms with Gasteiger partial charge in [0.25, 0.3) is 5.91 Å². The van der Waals surface area contributed by atoms with Crippen LogP contribution < -0.4 is 15.5 Å². The molecule has 1 saturated heterocycles. The molecule has 1 aliphatic heterocycles. The van der Waals surface area contributed by atoms with Crippen LogP contribution in [0.25, 0.3) is 0 Å². The van der Waals surface area contributed by atoms with Gasteiger partial charge in [0, 0.05) is 38.6 Å². The maximum atomic E-state index is 12.1. The van der Waals surface area contributed by atoms with Crippen LogP contribution in [-0.4, -0.2) is 70.0 Å². The summed E-state index contributed by atoms with van der Waals surface area (Å²) in [7, 11) is 2.12. The van der Waals surface area contributed by atoms with E-state index < -0.39 is 0 Å². The molecule has 1 aliphatic rings. The molecule has 0 unspecified atom stereocenters. The van der Waals surface area contributed by atoms with E-state index >= 15 is 0 Å². The SMILES string of the molecule is CCc1nc(Nc2ncc(C(=O)NC(C)C)s2)nc(N2CCN(C)CC2)n1. The number of nitrogens with one attached hydrogen (secondary N) is 2. The maximum Gasteiger partial charge on any atom is 0.263 e. The lowest BCUT2D eigenvalue weighted by Gasteiger charge is -2.32. The van der Waals surface area contributed by atoms with Crippen LogP contribution in [0.4, 0.5) is 17.0 Å². The molecule has 146 valence electrons. The molecule has 0 bridgehead atoms. The minimum absolute atomic E-state index is 0.0813. The van der Waals surface area contributed by atoms with Gasteiger partial charge in [-0.2, -0.15) is 15.0 Å². The summed E-state index contributed by atoms with van der Waals surface area (Å²) in [6.45, 7) is 9.61. The molecule has 0 saturated carbocycles. The molecule has 3 rings (SSSR count). The average Bonchev–Trinajstić information content (AvgIpc) is 3.10. The number of hydrogen-bond donors (Lipinski definition) is 2. The predicted molar refractivity (Wildman–Crippen MR) is 107 cm³/mol. The van der Waals surface area contributed by atoms with E-state index in [1.54, 1.807) is 6.20 Å². The number of carbonyl (C=O) groups is 1. The number of piperazine rings is 1. The molecule has 1 fully saturated rings. The fourth-order valence-corrected chi connectivity index (χ4v) is 3.35. The van der Waals surface area contributed by atoms with E-state index in [1.807, 2.05) is 20.8 Å². The van der Waals surface area contributed by atoms with Crippen LogP contribution in [0, 0.1) is 0 Å². The molecular weight excluding hydrogens is 364 g/mol. The van der Waals surface area contributed by atoms with E-state index in [0.717, 1.165) is 38.4 Å². The first kappa shape index (κ1) is 19.4. The number of hydrogen-bond acceptors (Lipinski definition) is 9. The topological polar surface area (TPSA) is 99.2 Å². The third-order valence-electron chi connectivity index (χ3n) is 4.14. The number of nitrogens with zero attached hydrogens (tertiary/aromatic N) is 6. The third kappa shape index (κ3) is 5.10. The second-order valence-corrected chi connectivity index (χ2v) is 7.83. The molecule has 2 N–H and O–H groups in total. The standard InChI is InChI=1S/C17H26N8OS/c1-5-13-20-15(22-16(21-13)25-8-6-24(4)7-9-25)23-17-18-10-12(27-17)14(26)19-11(2)3/h10-11H,5-9H2,1-4H3,(H,19,26)(H,18,20,21,22,23). The first-order valence-corrected chi connectivity index (χ1v) is 9.98. The number of likely N-dealkylation sites (N-methyl/N-ethyl adjacent to an activating group) is 1. The summed E-state index contributed by atoms with van der Waals surface area (Å²) in [5.41, 5.74) is 0. The summed E-state index contributed by atoms with van der Waals surface area (Å²) in [5.74, 6) is 1.75. The van der Waals surface area contributed by atoms with Crippen LogP contribution in [0.1, 0.15) is 36.3 Å². The second kappa shape index (κ2) is 8.57. The van der Waals surface area contributed by atoms with Crippen molar-refractivity contribution in [1.29, 1.82) is 0 Å². The van der Waals surface area contributed by atoms with Crippen molar-refractivity contribution in [1.82, 2.24) is 30.2 Å². The number of carbonyl (C=O) groups excluding carboxylic acids is 1. The summed E-state index contributed by atoms with van der Waals surface area (Å²) < 4.78 is 0. The molecule has 0 spiro atoms. The smallest absolute Gasteiger partial charge is 0.263 e. The van der Waals surface area contributed by atoms with Crippen LogP contribution >= 0.6 is 11.3 Å². The van der Waals surface area contributed by atoms with Crippen molar-refractivity contribution in [2.75, 3.05) is 43.4 Å². The molecule has 2 aromatic rings. The highest BCUT2D eigenvalue weighted by molar-refractivity contribution is 7.17. The molecule has 0 aliphatic carbocycles. The normalized spacial score (nSPS) is 15.2. The molecule has 0 aromatic carbocycles. The predicted octanol–water partition coefficient (Wildman–Crippen LogP) is 1.52. The highest BCUT2D eigenvalue weighted by atomic mass is 32.1. The van der Waals surface area contributed by atoms with Gasteiger partial charge in [0.05, 0.1) is 6.20 Å². The largest absolute Gasteiger partial charge is 0.349 e. The zero-order valence-electron chi connectivity index (χ0n) is 16.2. The van der Waals surface area contributed by atoms with Gasteiger partial charge >= 0.3 is 0 Å². The van der Waals surface area contributed by atoms with Gasteiger partial charge < -0.3 is 15.1 Å². The number of aromatic nitrogens is 4. The fourth-order valence-electron chi connectivity index (χ4n) is 2.64. The van der Waals surface area contributed by atoms with Gasteiger partial charge in [-0.1, -0.05) is 18.3 Å². The Balaban J connectivity index is 1.75. The van der Waals surface area contributed by atoms with Crippen LogP contribution in [0.5, 0.6) is 0 Å². The number of thiazole rings is 1. The minimum Gasteiger partial charge on any atom is -0.349 e. The molecule has 1 amide bonds. The monoisotopic (exact) mass is 390 g/mol. The molecular formula is C17H26N8OS. The lowest BCUT2D eigenvalue weighted by atomic mass is 10.3. The van der Waals surface area contributed by atoms with Crippen molar-refractivity contribution < 1.29 is 4.79 Å².